The monoisotopic (exact) mass is 393 g/mol. The number of nitrogens with zero attached hydrogens (tertiary/aromatic N) is 2. The van der Waals surface area contributed by atoms with Crippen molar-refractivity contribution in [3.8, 4) is 0 Å². The number of piperidine rings is 1. The molecule has 27 heavy (non-hydrogen) atoms. The molecule has 2 aliphatic carbocycles. The molecule has 3 fully saturated rings. The number of benzene rings is 1. The first-order chi connectivity index (χ1) is 12.4. The molecule has 2 heterocycles. The third-order valence-electron chi connectivity index (χ3n) is 6.12. The van der Waals surface area contributed by atoms with E-state index in [-0.39, 0.29) is 34.9 Å². The molecule has 0 bridgehead atoms. The van der Waals surface area contributed by atoms with Gasteiger partial charge in [0.05, 0.1) is 11.2 Å². The fourth-order valence-corrected chi connectivity index (χ4v) is 4.34. The van der Waals surface area contributed by atoms with E-state index in [4.69, 9.17) is 5.73 Å². The smallest absolute Gasteiger partial charge is 0.341 e. The molecule has 6 nitrogen and oxygen atoms in total. The first-order valence-corrected chi connectivity index (χ1v) is 9.03. The maximum atomic E-state index is 14.9. The Hall–Kier alpha value is -2.12. The highest BCUT2D eigenvalue weighted by Crippen LogP contribution is 2.48. The minimum atomic E-state index is -1.28. The van der Waals surface area contributed by atoms with Crippen LogP contribution in [0.4, 0.5) is 10.1 Å². The summed E-state index contributed by atoms with van der Waals surface area (Å²) in [5.74, 6) is -1.25. The normalized spacial score (nSPS) is 26.4. The first-order valence-electron chi connectivity index (χ1n) is 9.03. The van der Waals surface area contributed by atoms with Crippen LogP contribution in [-0.2, 0) is 0 Å². The van der Waals surface area contributed by atoms with E-state index in [0.29, 0.717) is 23.7 Å². The highest BCUT2D eigenvalue weighted by atomic mass is 35.5. The third kappa shape index (κ3) is 2.80. The minimum absolute atomic E-state index is 0. The van der Waals surface area contributed by atoms with E-state index >= 15 is 0 Å². The minimum Gasteiger partial charge on any atom is -0.477 e. The summed E-state index contributed by atoms with van der Waals surface area (Å²) in [5, 5.41) is 9.44. The molecule has 0 amide bonds. The Morgan fingerprint density at radius 2 is 2.04 bits per heavy atom. The molecular weight excluding hydrogens is 373 g/mol. The van der Waals surface area contributed by atoms with Crippen molar-refractivity contribution in [3.05, 3.63) is 39.9 Å². The van der Waals surface area contributed by atoms with Crippen LogP contribution in [0, 0.1) is 11.7 Å². The Morgan fingerprint density at radius 1 is 1.30 bits per heavy atom. The molecule has 5 rings (SSSR count). The number of anilines is 1. The lowest BCUT2D eigenvalue weighted by atomic mass is 10.0. The van der Waals surface area contributed by atoms with E-state index in [1.807, 2.05) is 9.47 Å². The molecule has 1 aromatic heterocycles. The zero-order valence-electron chi connectivity index (χ0n) is 14.7. The number of aromatic nitrogens is 1. The van der Waals surface area contributed by atoms with Gasteiger partial charge >= 0.3 is 5.97 Å². The van der Waals surface area contributed by atoms with Gasteiger partial charge in [-0.25, -0.2) is 9.18 Å². The van der Waals surface area contributed by atoms with E-state index in [9.17, 15) is 19.1 Å². The Bertz CT molecular complexity index is 1020. The molecule has 0 spiro atoms. The average Bonchev–Trinajstić information content (AvgIpc) is 3.48. The van der Waals surface area contributed by atoms with Crippen molar-refractivity contribution < 1.29 is 14.3 Å². The molecule has 8 heteroatoms. The summed E-state index contributed by atoms with van der Waals surface area (Å²) >= 11 is 0. The summed E-state index contributed by atoms with van der Waals surface area (Å²) in [7, 11) is 0. The predicted molar refractivity (Wildman–Crippen MR) is 102 cm³/mol. The second-order valence-electron chi connectivity index (χ2n) is 7.98. The zero-order chi connectivity index (χ0) is 18.2. The van der Waals surface area contributed by atoms with Crippen LogP contribution in [0.1, 0.15) is 42.1 Å². The van der Waals surface area contributed by atoms with Gasteiger partial charge < -0.3 is 20.3 Å². The first kappa shape index (κ1) is 18.3. The van der Waals surface area contributed by atoms with Gasteiger partial charge in [-0.2, -0.15) is 0 Å². The molecule has 3 N–H and O–H groups in total. The van der Waals surface area contributed by atoms with Gasteiger partial charge in [0, 0.05) is 36.3 Å². The lowest BCUT2D eigenvalue weighted by molar-refractivity contribution is 0.0695. The summed E-state index contributed by atoms with van der Waals surface area (Å²) in [5.41, 5.74) is 6.21. The highest BCUT2D eigenvalue weighted by molar-refractivity contribution is 5.93. The Kier molecular flexibility index (Phi) is 4.01. The number of pyridine rings is 1. The van der Waals surface area contributed by atoms with E-state index in [0.717, 1.165) is 32.2 Å². The molecule has 3 aliphatic rings. The topological polar surface area (TPSA) is 88.6 Å². The van der Waals surface area contributed by atoms with Gasteiger partial charge in [-0.3, -0.25) is 4.79 Å². The Morgan fingerprint density at radius 3 is 2.67 bits per heavy atom. The fourth-order valence-electron chi connectivity index (χ4n) is 4.34. The van der Waals surface area contributed by atoms with Crippen LogP contribution in [0.2, 0.25) is 0 Å². The zero-order valence-corrected chi connectivity index (χ0v) is 15.5. The van der Waals surface area contributed by atoms with E-state index in [1.165, 1.54) is 12.3 Å². The number of rotatable bonds is 3. The van der Waals surface area contributed by atoms with Crippen molar-refractivity contribution >= 4 is 35.0 Å². The summed E-state index contributed by atoms with van der Waals surface area (Å²) < 4.78 is 16.7. The number of halogens is 2. The summed E-state index contributed by atoms with van der Waals surface area (Å²) in [4.78, 5) is 25.9. The van der Waals surface area contributed by atoms with E-state index < -0.39 is 17.2 Å². The number of hydrogen-bond donors (Lipinski definition) is 2. The van der Waals surface area contributed by atoms with Crippen LogP contribution in [0.25, 0.3) is 10.9 Å². The summed E-state index contributed by atoms with van der Waals surface area (Å²) in [6, 6.07) is 3.06. The summed E-state index contributed by atoms with van der Waals surface area (Å²) in [6.07, 6.45) is 5.20. The van der Waals surface area contributed by atoms with Crippen LogP contribution >= 0.6 is 12.4 Å². The van der Waals surface area contributed by atoms with E-state index in [1.54, 1.807) is 6.07 Å². The van der Waals surface area contributed by atoms with Crippen LogP contribution in [0.5, 0.6) is 0 Å². The Balaban J connectivity index is 0.00000180. The van der Waals surface area contributed by atoms with Crippen LogP contribution < -0.4 is 16.1 Å². The lowest BCUT2D eigenvalue weighted by Gasteiger charge is -2.33. The van der Waals surface area contributed by atoms with Gasteiger partial charge in [0.2, 0.25) is 5.43 Å². The van der Waals surface area contributed by atoms with Crippen LogP contribution in [0.15, 0.2) is 23.1 Å². The van der Waals surface area contributed by atoms with Crippen molar-refractivity contribution in [1.29, 1.82) is 0 Å². The van der Waals surface area contributed by atoms with Gasteiger partial charge in [0.15, 0.2) is 0 Å². The number of carbonyl (C=O) groups is 1. The Labute approximate surface area is 161 Å². The predicted octanol–water partition coefficient (Wildman–Crippen LogP) is 2.52. The number of carboxylic acid groups (broad SMARTS) is 1. The fraction of sp³-hybridized carbons (Fsp3) is 0.474. The van der Waals surface area contributed by atoms with Crippen LogP contribution in [-0.4, -0.2) is 34.3 Å². The van der Waals surface area contributed by atoms with Crippen molar-refractivity contribution in [1.82, 2.24) is 4.57 Å². The molecule has 144 valence electrons. The number of fused-ring (bicyclic) bond motifs is 2. The molecule has 1 aromatic carbocycles. The third-order valence-corrected chi connectivity index (χ3v) is 6.12. The van der Waals surface area contributed by atoms with Crippen LogP contribution in [0.3, 0.4) is 0 Å². The lowest BCUT2D eigenvalue weighted by Crippen LogP contribution is -2.45. The molecule has 2 aromatic rings. The van der Waals surface area contributed by atoms with Crippen molar-refractivity contribution in [2.24, 2.45) is 11.7 Å². The average molecular weight is 394 g/mol. The molecule has 0 radical (unpaired) electrons. The second-order valence-corrected chi connectivity index (χ2v) is 7.98. The van der Waals surface area contributed by atoms with Gasteiger partial charge in [0.1, 0.15) is 11.4 Å². The number of nitrogens with two attached hydrogens (primary N) is 1. The number of hydrogen-bond acceptors (Lipinski definition) is 4. The molecule has 2 unspecified atom stereocenters. The summed E-state index contributed by atoms with van der Waals surface area (Å²) in [6.45, 7) is 1.36. The van der Waals surface area contributed by atoms with Gasteiger partial charge in [-0.05, 0) is 43.7 Å². The highest BCUT2D eigenvalue weighted by Gasteiger charge is 2.54. The second kappa shape index (κ2) is 5.94. The van der Waals surface area contributed by atoms with Crippen molar-refractivity contribution in [2.75, 3.05) is 18.0 Å². The quantitative estimate of drug-likeness (QED) is 0.836. The molecular formula is C19H21ClFN3O3. The maximum absolute atomic E-state index is 14.9. The van der Waals surface area contributed by atoms with Gasteiger partial charge in [-0.15, -0.1) is 12.4 Å². The molecule has 2 saturated carbocycles. The number of aromatic carboxylic acids is 1. The van der Waals surface area contributed by atoms with Gasteiger partial charge in [0.25, 0.3) is 0 Å². The molecule has 2 atom stereocenters. The standard InChI is InChI=1S/C19H20FN3O3.ClH/c20-14-5-12-15(6-16(14)22-4-3-10-7-19(10,21)9-22)23(11-1-2-11)8-13(17(12)24)18(25)26;/h5-6,8,10-11H,1-4,7,9,21H2,(H,25,26);1H. The number of carboxylic acids is 1. The largest absolute Gasteiger partial charge is 0.477 e. The van der Waals surface area contributed by atoms with Crippen molar-refractivity contribution in [2.45, 2.75) is 37.3 Å². The van der Waals surface area contributed by atoms with Crippen molar-refractivity contribution in [3.63, 3.8) is 0 Å². The molecule has 1 saturated heterocycles. The SMILES string of the molecule is Cl.NC12CC1CCN(c1cc3c(cc1F)c(=O)c(C(=O)O)cn3C1CC1)C2. The molecule has 1 aliphatic heterocycles. The van der Waals surface area contributed by atoms with E-state index in [2.05, 4.69) is 0 Å². The van der Waals surface area contributed by atoms with Gasteiger partial charge in [-0.1, -0.05) is 0 Å². The maximum Gasteiger partial charge on any atom is 0.341 e.